The van der Waals surface area contributed by atoms with Gasteiger partial charge in [-0.2, -0.15) is 0 Å². The third-order valence-corrected chi connectivity index (χ3v) is 5.26. The number of hydrogen-bond acceptors (Lipinski definition) is 2. The summed E-state index contributed by atoms with van der Waals surface area (Å²) in [5.41, 5.74) is 2.45. The molecule has 2 aromatic rings. The molecule has 0 aromatic heterocycles. The number of hydrogen-bond donors (Lipinski definition) is 1. The number of halogens is 2. The van der Waals surface area contributed by atoms with E-state index in [4.69, 9.17) is 11.6 Å². The molecule has 0 bridgehead atoms. The van der Waals surface area contributed by atoms with Crippen LogP contribution in [-0.4, -0.2) is 19.0 Å². The smallest absolute Gasteiger partial charge is 0.256 e. The van der Waals surface area contributed by atoms with Crippen LogP contribution in [0.25, 0.3) is 0 Å². The van der Waals surface area contributed by atoms with E-state index in [0.717, 1.165) is 28.0 Å². The van der Waals surface area contributed by atoms with E-state index in [1.807, 2.05) is 42.5 Å². The fourth-order valence-corrected chi connectivity index (χ4v) is 3.75. The van der Waals surface area contributed by atoms with Crippen molar-refractivity contribution < 1.29 is 4.79 Å². The molecule has 1 aliphatic heterocycles. The molecule has 0 atom stereocenters. The lowest BCUT2D eigenvalue weighted by Crippen LogP contribution is -2.29. The first-order valence-electron chi connectivity index (χ1n) is 7.75. The Bertz CT molecular complexity index is 714. The molecule has 0 aliphatic carbocycles. The summed E-state index contributed by atoms with van der Waals surface area (Å²) in [6.07, 6.45) is 3.71. The summed E-state index contributed by atoms with van der Waals surface area (Å²) >= 11 is 8.59. The van der Waals surface area contributed by atoms with Crippen LogP contribution in [0, 0.1) is 3.57 Å². The lowest BCUT2D eigenvalue weighted by Gasteiger charge is -2.29. The summed E-state index contributed by atoms with van der Waals surface area (Å²) in [6, 6.07) is 13.3. The molecule has 1 heterocycles. The maximum absolute atomic E-state index is 12.4. The molecular weight excluding hydrogens is 423 g/mol. The predicted molar refractivity (Wildman–Crippen MR) is 105 cm³/mol. The number of rotatable bonds is 3. The highest BCUT2D eigenvalue weighted by molar-refractivity contribution is 14.1. The Kier molecular flexibility index (Phi) is 5.43. The molecule has 120 valence electrons. The van der Waals surface area contributed by atoms with Crippen molar-refractivity contribution in [1.29, 1.82) is 0 Å². The van der Waals surface area contributed by atoms with Crippen LogP contribution in [0.1, 0.15) is 29.6 Å². The molecule has 3 nitrogen and oxygen atoms in total. The van der Waals surface area contributed by atoms with Crippen LogP contribution in [0.4, 0.5) is 11.4 Å². The Morgan fingerprint density at radius 1 is 1.09 bits per heavy atom. The highest BCUT2D eigenvalue weighted by Gasteiger charge is 2.15. The van der Waals surface area contributed by atoms with Gasteiger partial charge in [-0.15, -0.1) is 0 Å². The SMILES string of the molecule is O=C(Nc1ccc(N2CCCCC2)c(Cl)c1)c1ccccc1I. The number of nitrogens with one attached hydrogen (secondary N) is 1. The number of carbonyl (C=O) groups excluding carboxylic acids is 1. The second kappa shape index (κ2) is 7.53. The fourth-order valence-electron chi connectivity index (χ4n) is 2.82. The number of nitrogens with zero attached hydrogens (tertiary/aromatic N) is 1. The van der Waals surface area contributed by atoms with Gasteiger partial charge < -0.3 is 10.2 Å². The molecule has 1 amide bonds. The minimum absolute atomic E-state index is 0.114. The summed E-state index contributed by atoms with van der Waals surface area (Å²) in [7, 11) is 0. The van der Waals surface area contributed by atoms with Gasteiger partial charge in [0.2, 0.25) is 0 Å². The van der Waals surface area contributed by atoms with E-state index < -0.39 is 0 Å². The molecule has 2 aromatic carbocycles. The van der Waals surface area contributed by atoms with E-state index in [0.29, 0.717) is 10.6 Å². The summed E-state index contributed by atoms with van der Waals surface area (Å²) in [6.45, 7) is 2.10. The van der Waals surface area contributed by atoms with Crippen molar-refractivity contribution in [2.24, 2.45) is 0 Å². The fraction of sp³-hybridized carbons (Fsp3) is 0.278. The molecule has 23 heavy (non-hydrogen) atoms. The monoisotopic (exact) mass is 440 g/mol. The van der Waals surface area contributed by atoms with Crippen LogP contribution in [0.15, 0.2) is 42.5 Å². The topological polar surface area (TPSA) is 32.3 Å². The van der Waals surface area contributed by atoms with Gasteiger partial charge >= 0.3 is 0 Å². The zero-order valence-corrected chi connectivity index (χ0v) is 15.6. The van der Waals surface area contributed by atoms with Gasteiger partial charge in [-0.25, -0.2) is 0 Å². The highest BCUT2D eigenvalue weighted by Crippen LogP contribution is 2.31. The number of amides is 1. The molecule has 1 fully saturated rings. The van der Waals surface area contributed by atoms with Crippen LogP contribution in [0.2, 0.25) is 5.02 Å². The van der Waals surface area contributed by atoms with Crippen molar-refractivity contribution in [3.05, 3.63) is 56.6 Å². The van der Waals surface area contributed by atoms with Gasteiger partial charge in [-0.05, 0) is 72.2 Å². The quantitative estimate of drug-likeness (QED) is 0.667. The number of piperidine rings is 1. The van der Waals surface area contributed by atoms with Crippen molar-refractivity contribution in [2.75, 3.05) is 23.3 Å². The lowest BCUT2D eigenvalue weighted by molar-refractivity contribution is 0.102. The second-order valence-electron chi connectivity index (χ2n) is 5.65. The van der Waals surface area contributed by atoms with Gasteiger partial charge in [-0.1, -0.05) is 23.7 Å². The summed E-state index contributed by atoms with van der Waals surface area (Å²) in [5, 5.41) is 3.61. The highest BCUT2D eigenvalue weighted by atomic mass is 127. The van der Waals surface area contributed by atoms with Crippen LogP contribution in [-0.2, 0) is 0 Å². The van der Waals surface area contributed by atoms with Crippen molar-refractivity contribution in [3.8, 4) is 0 Å². The Morgan fingerprint density at radius 3 is 2.52 bits per heavy atom. The third kappa shape index (κ3) is 3.98. The normalized spacial score (nSPS) is 14.6. The second-order valence-corrected chi connectivity index (χ2v) is 7.22. The summed E-state index contributed by atoms with van der Waals surface area (Å²) in [4.78, 5) is 14.7. The molecule has 3 rings (SSSR count). The predicted octanol–water partition coefficient (Wildman–Crippen LogP) is 5.19. The lowest BCUT2D eigenvalue weighted by atomic mass is 10.1. The summed E-state index contributed by atoms with van der Waals surface area (Å²) in [5.74, 6) is -0.114. The van der Waals surface area contributed by atoms with E-state index in [1.165, 1.54) is 19.3 Å². The van der Waals surface area contributed by atoms with Crippen LogP contribution < -0.4 is 10.2 Å². The van der Waals surface area contributed by atoms with E-state index >= 15 is 0 Å². The van der Waals surface area contributed by atoms with E-state index in [1.54, 1.807) is 0 Å². The van der Waals surface area contributed by atoms with E-state index in [9.17, 15) is 4.79 Å². The zero-order chi connectivity index (χ0) is 16.2. The average molecular weight is 441 g/mol. The largest absolute Gasteiger partial charge is 0.370 e. The van der Waals surface area contributed by atoms with Crippen LogP contribution in [0.5, 0.6) is 0 Å². The zero-order valence-electron chi connectivity index (χ0n) is 12.7. The van der Waals surface area contributed by atoms with Gasteiger partial charge in [-0.3, -0.25) is 4.79 Å². The molecule has 5 heteroatoms. The first-order valence-corrected chi connectivity index (χ1v) is 9.21. The Balaban J connectivity index is 1.75. The van der Waals surface area contributed by atoms with Crippen molar-refractivity contribution >= 4 is 51.5 Å². The molecule has 1 N–H and O–H groups in total. The van der Waals surface area contributed by atoms with Crippen LogP contribution in [0.3, 0.4) is 0 Å². The maximum atomic E-state index is 12.4. The van der Waals surface area contributed by atoms with E-state index in [-0.39, 0.29) is 5.91 Å². The van der Waals surface area contributed by atoms with Gasteiger partial charge in [0.15, 0.2) is 0 Å². The Hall–Kier alpha value is -1.27. The average Bonchev–Trinajstić information content (AvgIpc) is 2.56. The molecule has 0 radical (unpaired) electrons. The number of benzene rings is 2. The standard InChI is InChI=1S/C18H18ClIN2O/c19-15-12-13(8-9-17(15)22-10-4-1-5-11-22)21-18(23)14-6-2-3-7-16(14)20/h2-3,6-9,12H,1,4-5,10-11H2,(H,21,23). The number of anilines is 2. The third-order valence-electron chi connectivity index (χ3n) is 4.02. The van der Waals surface area contributed by atoms with Gasteiger partial charge in [0.05, 0.1) is 16.3 Å². The first-order chi connectivity index (χ1) is 11.1. The molecular formula is C18H18ClIN2O. The molecule has 0 unspecified atom stereocenters. The molecule has 1 saturated heterocycles. The summed E-state index contributed by atoms with van der Waals surface area (Å²) < 4.78 is 0.929. The van der Waals surface area contributed by atoms with Gasteiger partial charge in [0, 0.05) is 22.3 Å². The van der Waals surface area contributed by atoms with Crippen molar-refractivity contribution in [3.63, 3.8) is 0 Å². The van der Waals surface area contributed by atoms with Gasteiger partial charge in [0.1, 0.15) is 0 Å². The van der Waals surface area contributed by atoms with Gasteiger partial charge in [0.25, 0.3) is 5.91 Å². The van der Waals surface area contributed by atoms with Crippen LogP contribution >= 0.6 is 34.2 Å². The molecule has 0 spiro atoms. The van der Waals surface area contributed by atoms with Crippen molar-refractivity contribution in [1.82, 2.24) is 0 Å². The minimum atomic E-state index is -0.114. The first kappa shape index (κ1) is 16.6. The molecule has 1 aliphatic rings. The Labute approximate surface area is 155 Å². The number of carbonyl (C=O) groups is 1. The van der Waals surface area contributed by atoms with Crippen molar-refractivity contribution in [2.45, 2.75) is 19.3 Å². The minimum Gasteiger partial charge on any atom is -0.370 e. The maximum Gasteiger partial charge on any atom is 0.256 e. The Morgan fingerprint density at radius 2 is 1.83 bits per heavy atom. The van der Waals surface area contributed by atoms with E-state index in [2.05, 4.69) is 32.8 Å². The molecule has 0 saturated carbocycles.